The maximum atomic E-state index is 2.40. The Hall–Kier alpha value is -0.780. The number of rotatable bonds is 2. The molecule has 0 spiro atoms. The summed E-state index contributed by atoms with van der Waals surface area (Å²) in [5.41, 5.74) is 4.70. The van der Waals surface area contributed by atoms with Crippen molar-refractivity contribution in [3.8, 4) is 0 Å². The zero-order valence-electron chi connectivity index (χ0n) is 11.9. The second kappa shape index (κ2) is 4.61. The molecule has 0 fully saturated rings. The van der Waals surface area contributed by atoms with Crippen LogP contribution in [0.2, 0.25) is 0 Å². The molecule has 0 radical (unpaired) electrons. The molecule has 0 aliphatic carbocycles. The maximum absolute atomic E-state index is 2.40. The maximum Gasteiger partial charge on any atom is -0.0129 e. The van der Waals surface area contributed by atoms with Gasteiger partial charge in [0, 0.05) is 0 Å². The highest BCUT2D eigenvalue weighted by atomic mass is 14.2. The lowest BCUT2D eigenvalue weighted by molar-refractivity contribution is 0.575. The van der Waals surface area contributed by atoms with E-state index in [1.807, 2.05) is 0 Å². The Bertz CT molecular complexity index is 351. The molecule has 0 saturated heterocycles. The Balaban J connectivity index is 3.33. The zero-order valence-corrected chi connectivity index (χ0v) is 11.9. The third kappa shape index (κ3) is 2.87. The van der Waals surface area contributed by atoms with E-state index in [0.717, 1.165) is 0 Å². The average molecular weight is 218 g/mol. The van der Waals surface area contributed by atoms with E-state index in [2.05, 4.69) is 66.7 Å². The lowest BCUT2D eigenvalue weighted by Crippen LogP contribution is -2.15. The lowest BCUT2D eigenvalue weighted by Gasteiger charge is -2.26. The molecule has 0 bridgehead atoms. The third-order valence-electron chi connectivity index (χ3n) is 3.17. The van der Waals surface area contributed by atoms with Gasteiger partial charge in [0.05, 0.1) is 0 Å². The monoisotopic (exact) mass is 218 g/mol. The molecule has 0 heterocycles. The van der Waals surface area contributed by atoms with Gasteiger partial charge in [-0.2, -0.15) is 0 Å². The molecule has 0 saturated carbocycles. The fraction of sp³-hybridized carbons (Fsp3) is 0.625. The molecular weight excluding hydrogens is 192 g/mol. The van der Waals surface area contributed by atoms with Gasteiger partial charge in [-0.15, -0.1) is 0 Å². The van der Waals surface area contributed by atoms with Crippen LogP contribution in [0.25, 0.3) is 0 Å². The quantitative estimate of drug-likeness (QED) is 0.637. The smallest absolute Gasteiger partial charge is 0.0129 e. The van der Waals surface area contributed by atoms with Crippen molar-refractivity contribution in [3.63, 3.8) is 0 Å². The lowest BCUT2D eigenvalue weighted by atomic mass is 9.79. The van der Waals surface area contributed by atoms with Crippen LogP contribution in [-0.4, -0.2) is 0 Å². The molecule has 0 heteroatoms. The van der Waals surface area contributed by atoms with Gasteiger partial charge in [-0.3, -0.25) is 0 Å². The van der Waals surface area contributed by atoms with Crippen LogP contribution in [0.3, 0.4) is 0 Å². The molecule has 1 aromatic rings. The van der Waals surface area contributed by atoms with Gasteiger partial charge in [0.2, 0.25) is 0 Å². The summed E-state index contributed by atoms with van der Waals surface area (Å²) >= 11 is 0. The van der Waals surface area contributed by atoms with Crippen LogP contribution < -0.4 is 0 Å². The first-order chi connectivity index (χ1) is 7.23. The van der Waals surface area contributed by atoms with Crippen molar-refractivity contribution in [1.29, 1.82) is 0 Å². The Morgan fingerprint density at radius 2 is 1.44 bits per heavy atom. The van der Waals surface area contributed by atoms with Gasteiger partial charge >= 0.3 is 0 Å². The fourth-order valence-electron chi connectivity index (χ4n) is 2.09. The molecule has 16 heavy (non-hydrogen) atoms. The minimum Gasteiger partial charge on any atom is -0.0587 e. The van der Waals surface area contributed by atoms with Crippen molar-refractivity contribution in [2.24, 2.45) is 0 Å². The van der Waals surface area contributed by atoms with E-state index in [1.54, 1.807) is 0 Å². The highest BCUT2D eigenvalue weighted by molar-refractivity contribution is 5.39. The summed E-state index contributed by atoms with van der Waals surface area (Å²) in [5, 5.41) is 0. The first-order valence-corrected chi connectivity index (χ1v) is 6.37. The van der Waals surface area contributed by atoms with E-state index in [4.69, 9.17) is 0 Å². The molecule has 1 aromatic carbocycles. The van der Waals surface area contributed by atoms with Crippen molar-refractivity contribution in [2.45, 2.75) is 65.7 Å². The predicted molar refractivity (Wildman–Crippen MR) is 73.3 cm³/mol. The SMILES string of the molecule is CC(C)c1ccc(C(C)C)c(C(C)(C)C)c1. The molecule has 1 rings (SSSR count). The highest BCUT2D eigenvalue weighted by Gasteiger charge is 2.20. The Morgan fingerprint density at radius 1 is 0.875 bits per heavy atom. The van der Waals surface area contributed by atoms with E-state index in [0.29, 0.717) is 11.8 Å². The molecule has 0 unspecified atom stereocenters. The molecule has 0 N–H and O–H groups in total. The van der Waals surface area contributed by atoms with Gasteiger partial charge in [-0.05, 0) is 33.9 Å². The molecule has 0 aliphatic heterocycles. The molecule has 0 atom stereocenters. The second-order valence-electron chi connectivity index (χ2n) is 6.41. The molecule has 90 valence electrons. The van der Waals surface area contributed by atoms with Crippen molar-refractivity contribution in [1.82, 2.24) is 0 Å². The fourth-order valence-corrected chi connectivity index (χ4v) is 2.09. The Kier molecular flexibility index (Phi) is 3.83. The van der Waals surface area contributed by atoms with Crippen LogP contribution in [0.1, 0.15) is 77.0 Å². The van der Waals surface area contributed by atoms with Crippen molar-refractivity contribution < 1.29 is 0 Å². The van der Waals surface area contributed by atoms with E-state index in [9.17, 15) is 0 Å². The topological polar surface area (TPSA) is 0 Å². The van der Waals surface area contributed by atoms with Crippen LogP contribution in [0.5, 0.6) is 0 Å². The number of benzene rings is 1. The number of hydrogen-bond acceptors (Lipinski definition) is 0. The van der Waals surface area contributed by atoms with Gasteiger partial charge in [0.15, 0.2) is 0 Å². The minimum absolute atomic E-state index is 0.241. The summed E-state index contributed by atoms with van der Waals surface area (Å²) in [7, 11) is 0. The molecule has 0 amide bonds. The zero-order chi connectivity index (χ0) is 12.5. The van der Waals surface area contributed by atoms with Crippen LogP contribution in [0.4, 0.5) is 0 Å². The average Bonchev–Trinajstić information content (AvgIpc) is 2.15. The summed E-state index contributed by atoms with van der Waals surface area (Å²) in [6, 6.07) is 7.01. The summed E-state index contributed by atoms with van der Waals surface area (Å²) in [4.78, 5) is 0. The van der Waals surface area contributed by atoms with E-state index >= 15 is 0 Å². The van der Waals surface area contributed by atoms with Gasteiger partial charge in [0.25, 0.3) is 0 Å². The van der Waals surface area contributed by atoms with Gasteiger partial charge in [-0.1, -0.05) is 66.7 Å². The summed E-state index contributed by atoms with van der Waals surface area (Å²) in [5.74, 6) is 1.22. The first-order valence-electron chi connectivity index (χ1n) is 6.37. The van der Waals surface area contributed by atoms with Gasteiger partial charge in [-0.25, -0.2) is 0 Å². The normalized spacial score (nSPS) is 12.6. The molecule has 0 aliphatic rings. The summed E-state index contributed by atoms with van der Waals surface area (Å²) in [6.07, 6.45) is 0. The largest absolute Gasteiger partial charge is 0.0587 e. The molecule has 0 aromatic heterocycles. The van der Waals surface area contributed by atoms with Gasteiger partial charge in [0.1, 0.15) is 0 Å². The van der Waals surface area contributed by atoms with Gasteiger partial charge < -0.3 is 0 Å². The van der Waals surface area contributed by atoms with Crippen LogP contribution >= 0.6 is 0 Å². The predicted octanol–water partition coefficient (Wildman–Crippen LogP) is 5.23. The molecule has 0 nitrogen and oxygen atoms in total. The molecular formula is C16H26. The standard InChI is InChI=1S/C16H26/c1-11(2)13-8-9-14(12(3)4)15(10-13)16(5,6)7/h8-12H,1-7H3. The Labute approximate surface area is 101 Å². The highest BCUT2D eigenvalue weighted by Crippen LogP contribution is 2.32. The second-order valence-corrected chi connectivity index (χ2v) is 6.41. The van der Waals surface area contributed by atoms with Crippen LogP contribution in [-0.2, 0) is 5.41 Å². The van der Waals surface area contributed by atoms with Crippen molar-refractivity contribution in [3.05, 3.63) is 34.9 Å². The van der Waals surface area contributed by atoms with Crippen LogP contribution in [0, 0.1) is 0 Å². The van der Waals surface area contributed by atoms with E-state index in [-0.39, 0.29) is 5.41 Å². The van der Waals surface area contributed by atoms with Crippen molar-refractivity contribution >= 4 is 0 Å². The Morgan fingerprint density at radius 3 is 1.81 bits per heavy atom. The first kappa shape index (κ1) is 13.3. The summed E-state index contributed by atoms with van der Waals surface area (Å²) < 4.78 is 0. The van der Waals surface area contributed by atoms with E-state index < -0.39 is 0 Å². The third-order valence-corrected chi connectivity index (χ3v) is 3.17. The summed E-state index contributed by atoms with van der Waals surface area (Å²) in [6.45, 7) is 16.0. The van der Waals surface area contributed by atoms with Crippen LogP contribution in [0.15, 0.2) is 18.2 Å². The number of hydrogen-bond donors (Lipinski definition) is 0. The van der Waals surface area contributed by atoms with Crippen molar-refractivity contribution in [2.75, 3.05) is 0 Å². The minimum atomic E-state index is 0.241. The van der Waals surface area contributed by atoms with E-state index in [1.165, 1.54) is 16.7 Å².